The largest absolute Gasteiger partial charge is 0.378 e. The number of nitrogens with zero attached hydrogens (tertiary/aromatic N) is 1. The van der Waals surface area contributed by atoms with Crippen LogP contribution in [0.3, 0.4) is 0 Å². The monoisotopic (exact) mass is 252 g/mol. The predicted molar refractivity (Wildman–Crippen MR) is 65.5 cm³/mol. The SMILES string of the molecule is S=c1nc(CC2CCCO2)[nH]c2c1COCC2. The first-order valence-corrected chi connectivity index (χ1v) is 6.54. The molecule has 17 heavy (non-hydrogen) atoms. The molecule has 0 radical (unpaired) electrons. The molecule has 0 aliphatic carbocycles. The number of nitrogens with one attached hydrogen (secondary N) is 1. The number of fused-ring (bicyclic) bond motifs is 1. The molecule has 1 aromatic rings. The lowest BCUT2D eigenvalue weighted by molar-refractivity contribution is 0.105. The second kappa shape index (κ2) is 4.84. The summed E-state index contributed by atoms with van der Waals surface area (Å²) in [5.74, 6) is 0.961. The van der Waals surface area contributed by atoms with E-state index in [1.165, 1.54) is 5.69 Å². The number of ether oxygens (including phenoxy) is 2. The van der Waals surface area contributed by atoms with E-state index in [0.717, 1.165) is 50.3 Å². The highest BCUT2D eigenvalue weighted by atomic mass is 32.1. The summed E-state index contributed by atoms with van der Waals surface area (Å²) in [5, 5.41) is 0. The second-order valence-corrected chi connectivity index (χ2v) is 4.97. The van der Waals surface area contributed by atoms with Gasteiger partial charge in [-0.3, -0.25) is 0 Å². The Labute approximate surface area is 105 Å². The molecule has 4 nitrogen and oxygen atoms in total. The van der Waals surface area contributed by atoms with Crippen LogP contribution in [0.4, 0.5) is 0 Å². The molecule has 1 atom stereocenters. The van der Waals surface area contributed by atoms with Crippen LogP contribution < -0.4 is 0 Å². The summed E-state index contributed by atoms with van der Waals surface area (Å²) >= 11 is 5.32. The van der Waals surface area contributed by atoms with E-state index >= 15 is 0 Å². The van der Waals surface area contributed by atoms with E-state index in [9.17, 15) is 0 Å². The highest BCUT2D eigenvalue weighted by Gasteiger charge is 2.19. The molecule has 1 saturated heterocycles. The number of aromatic nitrogens is 2. The van der Waals surface area contributed by atoms with Gasteiger partial charge in [-0.15, -0.1) is 0 Å². The maximum absolute atomic E-state index is 5.62. The minimum absolute atomic E-state index is 0.311. The van der Waals surface area contributed by atoms with E-state index < -0.39 is 0 Å². The minimum atomic E-state index is 0.311. The van der Waals surface area contributed by atoms with Gasteiger partial charge in [-0.05, 0) is 12.8 Å². The molecule has 3 rings (SSSR count). The Balaban J connectivity index is 1.85. The summed E-state index contributed by atoms with van der Waals surface area (Å²) in [5.41, 5.74) is 2.26. The quantitative estimate of drug-likeness (QED) is 0.817. The average Bonchev–Trinajstić information content (AvgIpc) is 2.82. The fourth-order valence-electron chi connectivity index (χ4n) is 2.43. The summed E-state index contributed by atoms with van der Waals surface area (Å²) in [6, 6.07) is 0. The van der Waals surface area contributed by atoms with Gasteiger partial charge in [0.2, 0.25) is 0 Å². The highest BCUT2D eigenvalue weighted by Crippen LogP contribution is 2.19. The summed E-state index contributed by atoms with van der Waals surface area (Å²) in [6.45, 7) is 2.24. The normalized spacial score (nSPS) is 23.6. The average molecular weight is 252 g/mol. The molecule has 1 aromatic heterocycles. The Morgan fingerprint density at radius 1 is 1.41 bits per heavy atom. The third kappa shape index (κ3) is 2.41. The van der Waals surface area contributed by atoms with Crippen LogP contribution in [0.5, 0.6) is 0 Å². The maximum atomic E-state index is 5.62. The minimum Gasteiger partial charge on any atom is -0.378 e. The van der Waals surface area contributed by atoms with Crippen LogP contribution in [-0.2, 0) is 28.9 Å². The van der Waals surface area contributed by atoms with E-state index in [-0.39, 0.29) is 0 Å². The van der Waals surface area contributed by atoms with Gasteiger partial charge in [0, 0.05) is 30.7 Å². The molecule has 0 spiro atoms. The van der Waals surface area contributed by atoms with Crippen molar-refractivity contribution in [3.05, 3.63) is 21.7 Å². The highest BCUT2D eigenvalue weighted by molar-refractivity contribution is 7.71. The number of rotatable bonds is 2. The Morgan fingerprint density at radius 3 is 3.18 bits per heavy atom. The van der Waals surface area contributed by atoms with Crippen molar-refractivity contribution in [1.82, 2.24) is 9.97 Å². The van der Waals surface area contributed by atoms with Gasteiger partial charge in [0.25, 0.3) is 0 Å². The van der Waals surface area contributed by atoms with E-state index in [1.54, 1.807) is 0 Å². The van der Waals surface area contributed by atoms with Crippen molar-refractivity contribution in [3.63, 3.8) is 0 Å². The van der Waals surface area contributed by atoms with Gasteiger partial charge < -0.3 is 14.5 Å². The van der Waals surface area contributed by atoms with Crippen molar-refractivity contribution >= 4 is 12.2 Å². The lowest BCUT2D eigenvalue weighted by Crippen LogP contribution is -2.18. The zero-order valence-electron chi connectivity index (χ0n) is 9.70. The topological polar surface area (TPSA) is 47.1 Å². The number of hydrogen-bond acceptors (Lipinski definition) is 4. The molecule has 1 N–H and O–H groups in total. The van der Waals surface area contributed by atoms with Crippen molar-refractivity contribution in [2.75, 3.05) is 13.2 Å². The molecule has 92 valence electrons. The predicted octanol–water partition coefficient (Wildman–Crippen LogP) is 1.93. The zero-order valence-corrected chi connectivity index (χ0v) is 10.5. The lowest BCUT2D eigenvalue weighted by atomic mass is 10.1. The molecule has 0 bridgehead atoms. The first-order valence-electron chi connectivity index (χ1n) is 6.13. The van der Waals surface area contributed by atoms with Crippen LogP contribution in [-0.4, -0.2) is 29.3 Å². The third-order valence-electron chi connectivity index (χ3n) is 3.34. The molecular formula is C12H16N2O2S. The third-order valence-corrected chi connectivity index (χ3v) is 3.68. The summed E-state index contributed by atoms with van der Waals surface area (Å²) in [4.78, 5) is 7.84. The lowest BCUT2D eigenvalue weighted by Gasteiger charge is -2.18. The summed E-state index contributed by atoms with van der Waals surface area (Å²) < 4.78 is 11.7. The Bertz CT molecular complexity index is 466. The molecule has 0 aromatic carbocycles. The van der Waals surface area contributed by atoms with Crippen molar-refractivity contribution < 1.29 is 9.47 Å². The molecule has 0 amide bonds. The smallest absolute Gasteiger partial charge is 0.135 e. The number of H-pyrrole nitrogens is 1. The molecule has 1 fully saturated rings. The zero-order chi connectivity index (χ0) is 11.7. The van der Waals surface area contributed by atoms with Gasteiger partial charge in [-0.2, -0.15) is 0 Å². The Kier molecular flexibility index (Phi) is 3.22. The van der Waals surface area contributed by atoms with Gasteiger partial charge in [-0.1, -0.05) is 12.2 Å². The molecule has 2 aliphatic heterocycles. The van der Waals surface area contributed by atoms with Crippen LogP contribution in [0.2, 0.25) is 0 Å². The Morgan fingerprint density at radius 2 is 2.35 bits per heavy atom. The summed E-state index contributed by atoms with van der Waals surface area (Å²) in [7, 11) is 0. The van der Waals surface area contributed by atoms with E-state index in [2.05, 4.69) is 9.97 Å². The molecule has 3 heterocycles. The fraction of sp³-hybridized carbons (Fsp3) is 0.667. The molecule has 0 saturated carbocycles. The molecule has 5 heteroatoms. The van der Waals surface area contributed by atoms with Crippen molar-refractivity contribution in [3.8, 4) is 0 Å². The summed E-state index contributed by atoms with van der Waals surface area (Å²) in [6.07, 6.45) is 4.34. The van der Waals surface area contributed by atoms with Crippen LogP contribution in [0.15, 0.2) is 0 Å². The first-order chi connectivity index (χ1) is 8.33. The van der Waals surface area contributed by atoms with Crippen LogP contribution in [0.25, 0.3) is 0 Å². The fourth-order valence-corrected chi connectivity index (χ4v) is 2.72. The Hall–Kier alpha value is -0.780. The number of aromatic amines is 1. The van der Waals surface area contributed by atoms with Crippen molar-refractivity contribution in [1.29, 1.82) is 0 Å². The standard InChI is InChI=1S/C12H16N2O2S/c17-12-9-7-15-5-3-10(9)13-11(14-12)6-8-2-1-4-16-8/h8H,1-7H2,(H,13,14,17). The first kappa shape index (κ1) is 11.3. The van der Waals surface area contributed by atoms with Crippen molar-refractivity contribution in [2.24, 2.45) is 0 Å². The molecule has 1 unspecified atom stereocenters. The van der Waals surface area contributed by atoms with E-state index in [1.807, 2.05) is 0 Å². The van der Waals surface area contributed by atoms with E-state index in [0.29, 0.717) is 17.4 Å². The van der Waals surface area contributed by atoms with E-state index in [4.69, 9.17) is 21.7 Å². The number of hydrogen-bond donors (Lipinski definition) is 1. The van der Waals surface area contributed by atoms with Gasteiger partial charge in [0.1, 0.15) is 10.5 Å². The van der Waals surface area contributed by atoms with Gasteiger partial charge in [-0.25, -0.2) is 4.98 Å². The molecule has 2 aliphatic rings. The molecular weight excluding hydrogens is 236 g/mol. The van der Waals surface area contributed by atoms with Crippen molar-refractivity contribution in [2.45, 2.75) is 38.4 Å². The maximum Gasteiger partial charge on any atom is 0.135 e. The van der Waals surface area contributed by atoms with Gasteiger partial charge >= 0.3 is 0 Å². The van der Waals surface area contributed by atoms with Crippen LogP contribution in [0, 0.1) is 4.64 Å². The van der Waals surface area contributed by atoms with Gasteiger partial charge in [0.15, 0.2) is 0 Å². The second-order valence-electron chi connectivity index (χ2n) is 4.59. The van der Waals surface area contributed by atoms with Gasteiger partial charge in [0.05, 0.1) is 19.3 Å². The van der Waals surface area contributed by atoms with Crippen LogP contribution in [0.1, 0.15) is 29.9 Å². The van der Waals surface area contributed by atoms with Crippen LogP contribution >= 0.6 is 12.2 Å².